The van der Waals surface area contributed by atoms with E-state index < -0.39 is 24.2 Å². The number of nitrogens with zero attached hydrogens (tertiary/aromatic N) is 5. The predicted molar refractivity (Wildman–Crippen MR) is 166 cm³/mol. The van der Waals surface area contributed by atoms with E-state index in [0.717, 1.165) is 42.1 Å². The fourth-order valence-corrected chi connectivity index (χ4v) is 6.82. The van der Waals surface area contributed by atoms with Crippen molar-refractivity contribution in [1.29, 1.82) is 0 Å². The Morgan fingerprint density at radius 2 is 1.83 bits per heavy atom. The largest absolute Gasteiger partial charge is 0.480 e. The molecule has 2 aromatic heterocycles. The number of fused-ring (bicyclic) bond motifs is 2. The van der Waals surface area contributed by atoms with Crippen LogP contribution >= 0.6 is 0 Å². The van der Waals surface area contributed by atoms with Gasteiger partial charge in [-0.15, -0.1) is 0 Å². The summed E-state index contributed by atoms with van der Waals surface area (Å²) in [5.41, 5.74) is 1.87. The third-order valence-electron chi connectivity index (χ3n) is 9.60. The van der Waals surface area contributed by atoms with Crippen molar-refractivity contribution in [2.75, 3.05) is 26.2 Å². The molecule has 2 fully saturated rings. The van der Waals surface area contributed by atoms with Crippen molar-refractivity contribution in [3.05, 3.63) is 83.7 Å². The summed E-state index contributed by atoms with van der Waals surface area (Å²) in [7, 11) is 0. The molecule has 1 saturated heterocycles. The number of hydrogen-bond donors (Lipinski definition) is 0. The van der Waals surface area contributed by atoms with E-state index in [1.165, 1.54) is 30.6 Å². The molecule has 2 amide bonds. The molecule has 2 atom stereocenters. The average Bonchev–Trinajstić information content (AvgIpc) is 3.74. The van der Waals surface area contributed by atoms with Gasteiger partial charge in [-0.3, -0.25) is 14.0 Å². The number of aromatic nitrogens is 3. The molecule has 0 unspecified atom stereocenters. The molecule has 0 bridgehead atoms. The van der Waals surface area contributed by atoms with Crippen molar-refractivity contribution in [1.82, 2.24) is 24.2 Å². The van der Waals surface area contributed by atoms with E-state index >= 15 is 4.39 Å². The minimum Gasteiger partial charge on any atom is -0.480 e. The highest BCUT2D eigenvalue weighted by Crippen LogP contribution is 2.41. The van der Waals surface area contributed by atoms with E-state index in [2.05, 4.69) is 22.1 Å². The molecular formula is C35H36F3N5O4. The number of rotatable bonds is 10. The van der Waals surface area contributed by atoms with E-state index in [1.54, 1.807) is 4.90 Å². The number of aryl methyl sites for hydroxylation is 1. The Bertz CT molecular complexity index is 1760. The molecule has 47 heavy (non-hydrogen) atoms. The van der Waals surface area contributed by atoms with Gasteiger partial charge in [0.05, 0.1) is 12.7 Å². The first-order valence-electron chi connectivity index (χ1n) is 16.2. The van der Waals surface area contributed by atoms with Crippen molar-refractivity contribution in [3.8, 4) is 17.4 Å². The number of benzene rings is 2. The van der Waals surface area contributed by atoms with Gasteiger partial charge in [-0.05, 0) is 61.6 Å². The van der Waals surface area contributed by atoms with E-state index in [4.69, 9.17) is 9.47 Å². The molecule has 12 heteroatoms. The lowest BCUT2D eigenvalue weighted by atomic mass is 9.72. The molecule has 246 valence electrons. The van der Waals surface area contributed by atoms with Crippen molar-refractivity contribution < 1.29 is 32.2 Å². The number of likely N-dealkylation sites (tertiary alicyclic amines) is 1. The second kappa shape index (κ2) is 13.2. The molecule has 1 aliphatic carbocycles. The van der Waals surface area contributed by atoms with Crippen LogP contribution in [0.1, 0.15) is 67.8 Å². The molecule has 7 rings (SSSR count). The molecule has 3 aliphatic rings. The Balaban J connectivity index is 1.11. The van der Waals surface area contributed by atoms with Crippen molar-refractivity contribution >= 4 is 17.5 Å². The lowest BCUT2D eigenvalue weighted by Gasteiger charge is -2.39. The summed E-state index contributed by atoms with van der Waals surface area (Å²) in [6, 6.07) is 14.2. The van der Waals surface area contributed by atoms with Crippen LogP contribution in [0, 0.1) is 11.7 Å². The quantitative estimate of drug-likeness (QED) is 0.200. The minimum atomic E-state index is -2.78. The monoisotopic (exact) mass is 647 g/mol. The van der Waals surface area contributed by atoms with E-state index in [9.17, 15) is 18.4 Å². The van der Waals surface area contributed by atoms with E-state index in [1.807, 2.05) is 23.1 Å². The summed E-state index contributed by atoms with van der Waals surface area (Å²) in [5, 5.41) is 0. The van der Waals surface area contributed by atoms with Gasteiger partial charge in [-0.1, -0.05) is 36.8 Å². The Morgan fingerprint density at radius 1 is 1.04 bits per heavy atom. The van der Waals surface area contributed by atoms with Crippen LogP contribution < -0.4 is 9.47 Å². The highest BCUT2D eigenvalue weighted by molar-refractivity contribution is 5.87. The van der Waals surface area contributed by atoms with Gasteiger partial charge in [0.15, 0.2) is 29.1 Å². The van der Waals surface area contributed by atoms with Crippen LogP contribution in [0.2, 0.25) is 0 Å². The zero-order valence-electron chi connectivity index (χ0n) is 25.9. The van der Waals surface area contributed by atoms with Gasteiger partial charge in [-0.25, -0.2) is 18.2 Å². The lowest BCUT2D eigenvalue weighted by molar-refractivity contribution is -0.145. The summed E-state index contributed by atoms with van der Waals surface area (Å²) >= 11 is 0. The van der Waals surface area contributed by atoms with E-state index in [0.29, 0.717) is 49.7 Å². The van der Waals surface area contributed by atoms with Gasteiger partial charge >= 0.3 is 0 Å². The third-order valence-corrected chi connectivity index (χ3v) is 9.60. The summed E-state index contributed by atoms with van der Waals surface area (Å²) in [4.78, 5) is 39.0. The van der Waals surface area contributed by atoms with Crippen LogP contribution in [0.5, 0.6) is 17.4 Å². The maximum absolute atomic E-state index is 15.1. The molecule has 4 aromatic rings. The second-order valence-corrected chi connectivity index (χ2v) is 12.6. The average molecular weight is 648 g/mol. The number of ether oxygens (including phenoxy) is 2. The fraction of sp³-hybridized carbons (Fsp3) is 0.429. The van der Waals surface area contributed by atoms with Crippen molar-refractivity contribution in [2.24, 2.45) is 5.92 Å². The van der Waals surface area contributed by atoms with Crippen molar-refractivity contribution in [3.63, 3.8) is 0 Å². The van der Waals surface area contributed by atoms with Crippen molar-refractivity contribution in [2.45, 2.75) is 63.4 Å². The summed E-state index contributed by atoms with van der Waals surface area (Å²) in [5.74, 6) is -0.795. The van der Waals surface area contributed by atoms with Crippen LogP contribution in [0.15, 0.2) is 60.9 Å². The number of carbonyl (C=O) groups excluding carboxylic acids is 2. The predicted octanol–water partition coefficient (Wildman–Crippen LogP) is 6.33. The summed E-state index contributed by atoms with van der Waals surface area (Å²) in [6.07, 6.45) is 4.85. The van der Waals surface area contributed by atoms with Gasteiger partial charge in [0.1, 0.15) is 5.75 Å². The molecule has 1 saturated carbocycles. The first kappa shape index (κ1) is 31.0. The number of alkyl halides is 2. The molecular weight excluding hydrogens is 611 g/mol. The summed E-state index contributed by atoms with van der Waals surface area (Å²) < 4.78 is 54.6. The first-order valence-corrected chi connectivity index (χ1v) is 16.2. The second-order valence-electron chi connectivity index (χ2n) is 12.6. The Morgan fingerprint density at radius 3 is 2.55 bits per heavy atom. The fourth-order valence-electron chi connectivity index (χ4n) is 6.82. The molecule has 0 radical (unpaired) electrons. The standard InChI is InChI=1S/C35H36F3N5O4/c36-26-17-24-11-12-27(46-28(24)18-29(26)47-31-13-16-43-30(40-31)19-39-34(43)33(37)38)35(45)42(21-32(44)41-14-4-5-15-41)20-25(23-9-6-10-23)22-7-2-1-3-8-22/h1-3,7-8,13,16-19,23,25,27,33H,4-6,9-12,14-15,20-21H2/t25-,27+/m0/s1. The molecule has 9 nitrogen and oxygen atoms in total. The van der Waals surface area contributed by atoms with Crippen LogP contribution in [0.25, 0.3) is 5.65 Å². The summed E-state index contributed by atoms with van der Waals surface area (Å²) in [6.45, 7) is 1.79. The normalized spacial score (nSPS) is 18.5. The number of carbonyl (C=O) groups is 2. The number of hydrogen-bond acceptors (Lipinski definition) is 6. The Labute approximate surface area is 270 Å². The maximum atomic E-state index is 15.1. The van der Waals surface area contributed by atoms with Crippen LogP contribution in [0.3, 0.4) is 0 Å². The van der Waals surface area contributed by atoms with Crippen LogP contribution in [-0.4, -0.2) is 68.3 Å². The zero-order chi connectivity index (χ0) is 32.5. The lowest BCUT2D eigenvalue weighted by Crippen LogP contribution is -2.50. The van der Waals surface area contributed by atoms with Crippen LogP contribution in [0.4, 0.5) is 13.2 Å². The smallest absolute Gasteiger partial charge is 0.295 e. The molecule has 4 heterocycles. The molecule has 0 spiro atoms. The first-order chi connectivity index (χ1) is 22.8. The van der Waals surface area contributed by atoms with Gasteiger partial charge in [0, 0.05) is 43.9 Å². The Hall–Kier alpha value is -4.61. The van der Waals surface area contributed by atoms with E-state index in [-0.39, 0.29) is 41.6 Å². The SMILES string of the molecule is O=C(CN(C[C@@H](c1ccccc1)C1CCC1)C(=O)[C@H]1CCc2cc(F)c(Oc3ccn4c(C(F)F)ncc4n3)cc2O1)N1CCCC1. The van der Waals surface area contributed by atoms with Gasteiger partial charge in [0.25, 0.3) is 12.3 Å². The van der Waals surface area contributed by atoms with Gasteiger partial charge in [0.2, 0.25) is 11.8 Å². The number of amides is 2. The highest BCUT2D eigenvalue weighted by Gasteiger charge is 2.37. The molecule has 2 aliphatic heterocycles. The van der Waals surface area contributed by atoms with Gasteiger partial charge in [-0.2, -0.15) is 4.98 Å². The maximum Gasteiger partial charge on any atom is 0.295 e. The topological polar surface area (TPSA) is 89.3 Å². The molecule has 2 aromatic carbocycles. The highest BCUT2D eigenvalue weighted by atomic mass is 19.3. The molecule has 0 N–H and O–H groups in total. The van der Waals surface area contributed by atoms with Crippen LogP contribution in [-0.2, 0) is 16.0 Å². The number of imidazole rings is 1. The number of halogens is 3. The minimum absolute atomic E-state index is 0.0185. The Kier molecular flexibility index (Phi) is 8.74. The third kappa shape index (κ3) is 6.50. The van der Waals surface area contributed by atoms with Gasteiger partial charge < -0.3 is 19.3 Å². The zero-order valence-corrected chi connectivity index (χ0v) is 25.9.